The number of piperazine rings is 1. The third-order valence-corrected chi connectivity index (χ3v) is 2.92. The quantitative estimate of drug-likeness (QED) is 0.772. The van der Waals surface area contributed by atoms with Crippen molar-refractivity contribution in [2.45, 2.75) is 25.9 Å². The molecule has 15 heavy (non-hydrogen) atoms. The van der Waals surface area contributed by atoms with Crippen LogP contribution >= 0.6 is 0 Å². The highest BCUT2D eigenvalue weighted by Crippen LogP contribution is 2.17. The molecule has 0 aliphatic carbocycles. The number of nitrogens with zero attached hydrogens (tertiary/aromatic N) is 3. The van der Waals surface area contributed by atoms with E-state index in [1.165, 1.54) is 0 Å². The van der Waals surface area contributed by atoms with Crippen molar-refractivity contribution in [2.24, 2.45) is 0 Å². The molecule has 4 nitrogen and oxygen atoms in total. The Kier molecular flexibility index (Phi) is 2.98. The normalized spacial score (nSPS) is 21.5. The number of nitrogens with one attached hydrogen (secondary N) is 1. The van der Waals surface area contributed by atoms with Gasteiger partial charge in [0.2, 0.25) is 0 Å². The average Bonchev–Trinajstić information content (AvgIpc) is 2.23. The maximum absolute atomic E-state index is 4.27. The molecule has 82 valence electrons. The molecule has 0 radical (unpaired) electrons. The van der Waals surface area contributed by atoms with Gasteiger partial charge in [0.05, 0.1) is 6.54 Å². The van der Waals surface area contributed by atoms with E-state index in [1.807, 2.05) is 6.07 Å². The summed E-state index contributed by atoms with van der Waals surface area (Å²) in [5.74, 6) is 0.910. The molecule has 1 aromatic heterocycles. The Morgan fingerprint density at radius 1 is 1.40 bits per heavy atom. The fraction of sp³-hybridized carbons (Fsp3) is 0.636. The molecular weight excluding hydrogens is 188 g/mol. The molecule has 1 aliphatic heterocycles. The zero-order valence-corrected chi connectivity index (χ0v) is 9.40. The monoisotopic (exact) mass is 206 g/mol. The van der Waals surface area contributed by atoms with Crippen molar-refractivity contribution in [3.63, 3.8) is 0 Å². The van der Waals surface area contributed by atoms with Crippen LogP contribution in [0.25, 0.3) is 0 Å². The topological polar surface area (TPSA) is 41.0 Å². The van der Waals surface area contributed by atoms with Crippen LogP contribution in [0.1, 0.15) is 19.7 Å². The van der Waals surface area contributed by atoms with Crippen LogP contribution in [-0.2, 0) is 6.54 Å². The van der Waals surface area contributed by atoms with Crippen molar-refractivity contribution in [3.05, 3.63) is 24.3 Å². The Morgan fingerprint density at radius 2 is 2.13 bits per heavy atom. The van der Waals surface area contributed by atoms with Crippen molar-refractivity contribution in [2.75, 3.05) is 19.6 Å². The van der Waals surface area contributed by atoms with E-state index < -0.39 is 0 Å². The van der Waals surface area contributed by atoms with Gasteiger partial charge in [0, 0.05) is 37.6 Å². The molecule has 1 saturated heterocycles. The zero-order chi connectivity index (χ0) is 10.7. The van der Waals surface area contributed by atoms with Crippen molar-refractivity contribution in [1.29, 1.82) is 0 Å². The largest absolute Gasteiger partial charge is 0.314 e. The highest BCUT2D eigenvalue weighted by Gasteiger charge is 2.29. The van der Waals surface area contributed by atoms with Gasteiger partial charge in [0.1, 0.15) is 5.82 Å². The fourth-order valence-electron chi connectivity index (χ4n) is 1.90. The lowest BCUT2D eigenvalue weighted by Crippen LogP contribution is -2.57. The summed E-state index contributed by atoms with van der Waals surface area (Å²) in [6.45, 7) is 8.49. The minimum absolute atomic E-state index is 0.192. The van der Waals surface area contributed by atoms with E-state index in [1.54, 1.807) is 12.4 Å². The standard InChI is InChI=1S/C11H18N4/c1-11(2)9-12-6-7-15(11)8-10-13-4-3-5-14-10/h3-5,12H,6-9H2,1-2H3. The summed E-state index contributed by atoms with van der Waals surface area (Å²) in [4.78, 5) is 11.0. The molecule has 4 heteroatoms. The second kappa shape index (κ2) is 4.24. The Balaban J connectivity index is 2.05. The molecule has 1 aromatic rings. The van der Waals surface area contributed by atoms with Crippen molar-refractivity contribution < 1.29 is 0 Å². The van der Waals surface area contributed by atoms with Crippen LogP contribution in [0.15, 0.2) is 18.5 Å². The molecular formula is C11H18N4. The number of aromatic nitrogens is 2. The van der Waals surface area contributed by atoms with Gasteiger partial charge in [-0.2, -0.15) is 0 Å². The maximum Gasteiger partial charge on any atom is 0.142 e. The molecule has 0 unspecified atom stereocenters. The molecule has 0 atom stereocenters. The van der Waals surface area contributed by atoms with Crippen LogP contribution in [0.2, 0.25) is 0 Å². The number of rotatable bonds is 2. The molecule has 1 aliphatic rings. The number of hydrogen-bond acceptors (Lipinski definition) is 4. The van der Waals surface area contributed by atoms with Crippen LogP contribution in [-0.4, -0.2) is 40.0 Å². The lowest BCUT2D eigenvalue weighted by molar-refractivity contribution is 0.0799. The van der Waals surface area contributed by atoms with Crippen molar-refractivity contribution in [3.8, 4) is 0 Å². The molecule has 2 rings (SSSR count). The van der Waals surface area contributed by atoms with Gasteiger partial charge in [0.15, 0.2) is 0 Å². The summed E-state index contributed by atoms with van der Waals surface area (Å²) in [6.07, 6.45) is 3.61. The fourth-order valence-corrected chi connectivity index (χ4v) is 1.90. The first-order valence-corrected chi connectivity index (χ1v) is 5.40. The summed E-state index contributed by atoms with van der Waals surface area (Å²) in [5.41, 5.74) is 0.192. The average molecular weight is 206 g/mol. The Labute approximate surface area is 90.7 Å². The van der Waals surface area contributed by atoms with Crippen LogP contribution in [0, 0.1) is 0 Å². The van der Waals surface area contributed by atoms with Gasteiger partial charge < -0.3 is 5.32 Å². The molecule has 0 saturated carbocycles. The Hall–Kier alpha value is -1.00. The SMILES string of the molecule is CC1(C)CNCCN1Cc1ncccn1. The first-order chi connectivity index (χ1) is 7.18. The van der Waals surface area contributed by atoms with Gasteiger partial charge >= 0.3 is 0 Å². The van der Waals surface area contributed by atoms with Crippen LogP contribution in [0.3, 0.4) is 0 Å². The second-order valence-corrected chi connectivity index (χ2v) is 4.58. The predicted molar refractivity (Wildman–Crippen MR) is 59.4 cm³/mol. The summed E-state index contributed by atoms with van der Waals surface area (Å²) >= 11 is 0. The van der Waals surface area contributed by atoms with E-state index in [9.17, 15) is 0 Å². The van der Waals surface area contributed by atoms with Crippen LogP contribution < -0.4 is 5.32 Å². The minimum Gasteiger partial charge on any atom is -0.314 e. The van der Waals surface area contributed by atoms with E-state index in [4.69, 9.17) is 0 Å². The smallest absolute Gasteiger partial charge is 0.142 e. The highest BCUT2D eigenvalue weighted by atomic mass is 15.3. The molecule has 0 amide bonds. The second-order valence-electron chi connectivity index (χ2n) is 4.58. The molecule has 1 N–H and O–H groups in total. The molecule has 2 heterocycles. The van der Waals surface area contributed by atoms with E-state index in [0.717, 1.165) is 32.0 Å². The van der Waals surface area contributed by atoms with Crippen LogP contribution in [0.5, 0.6) is 0 Å². The Bertz CT molecular complexity index is 310. The third kappa shape index (κ3) is 2.52. The zero-order valence-electron chi connectivity index (χ0n) is 9.40. The van der Waals surface area contributed by atoms with E-state index in [-0.39, 0.29) is 5.54 Å². The highest BCUT2D eigenvalue weighted by molar-refractivity contribution is 4.94. The van der Waals surface area contributed by atoms with Gasteiger partial charge in [0.25, 0.3) is 0 Å². The first kappa shape index (κ1) is 10.5. The lowest BCUT2D eigenvalue weighted by Gasteiger charge is -2.42. The third-order valence-electron chi connectivity index (χ3n) is 2.92. The maximum atomic E-state index is 4.27. The van der Waals surface area contributed by atoms with E-state index in [0.29, 0.717) is 0 Å². The van der Waals surface area contributed by atoms with E-state index >= 15 is 0 Å². The van der Waals surface area contributed by atoms with Gasteiger partial charge in [-0.3, -0.25) is 4.90 Å². The molecule has 0 bridgehead atoms. The lowest BCUT2D eigenvalue weighted by atomic mass is 10.0. The predicted octanol–water partition coefficient (Wildman–Crippen LogP) is 0.660. The van der Waals surface area contributed by atoms with Gasteiger partial charge in [-0.25, -0.2) is 9.97 Å². The number of hydrogen-bond donors (Lipinski definition) is 1. The van der Waals surface area contributed by atoms with Crippen molar-refractivity contribution >= 4 is 0 Å². The first-order valence-electron chi connectivity index (χ1n) is 5.40. The molecule has 1 fully saturated rings. The molecule has 0 spiro atoms. The van der Waals surface area contributed by atoms with Crippen molar-refractivity contribution in [1.82, 2.24) is 20.2 Å². The van der Waals surface area contributed by atoms with Gasteiger partial charge in [-0.15, -0.1) is 0 Å². The van der Waals surface area contributed by atoms with Gasteiger partial charge in [-0.1, -0.05) is 0 Å². The molecule has 0 aromatic carbocycles. The summed E-state index contributed by atoms with van der Waals surface area (Å²) in [6, 6.07) is 1.85. The van der Waals surface area contributed by atoms with E-state index in [2.05, 4.69) is 34.0 Å². The van der Waals surface area contributed by atoms with Gasteiger partial charge in [-0.05, 0) is 19.9 Å². The minimum atomic E-state index is 0.192. The summed E-state index contributed by atoms with van der Waals surface area (Å²) < 4.78 is 0. The Morgan fingerprint density at radius 3 is 2.80 bits per heavy atom. The van der Waals surface area contributed by atoms with Crippen LogP contribution in [0.4, 0.5) is 0 Å². The summed E-state index contributed by atoms with van der Waals surface area (Å²) in [7, 11) is 0. The summed E-state index contributed by atoms with van der Waals surface area (Å²) in [5, 5.41) is 3.41.